The van der Waals surface area contributed by atoms with Crippen LogP contribution in [-0.4, -0.2) is 24.1 Å². The van der Waals surface area contributed by atoms with Crippen LogP contribution in [0.1, 0.15) is 117 Å². The first-order chi connectivity index (χ1) is 12.7. The maximum atomic E-state index is 11.0. The van der Waals surface area contributed by atoms with Gasteiger partial charge in [-0.15, -0.1) is 0 Å². The molecule has 0 aromatic rings. The lowest BCUT2D eigenvalue weighted by Crippen LogP contribution is -2.23. The molecule has 2 heterocycles. The Morgan fingerprint density at radius 1 is 0.692 bits per heavy atom. The van der Waals surface area contributed by atoms with E-state index in [0.29, 0.717) is 12.8 Å². The van der Waals surface area contributed by atoms with E-state index >= 15 is 0 Å². The number of ether oxygens (including phenoxy) is 2. The first kappa shape index (κ1) is 23.0. The van der Waals surface area contributed by atoms with Gasteiger partial charge in [0.1, 0.15) is 12.2 Å². The number of carbonyl (C=O) groups is 2. The molecule has 0 aromatic heterocycles. The second-order valence-electron chi connectivity index (χ2n) is 7.71. The van der Waals surface area contributed by atoms with Crippen LogP contribution in [0, 0.1) is 0 Å². The first-order valence-electron chi connectivity index (χ1n) is 11.0. The summed E-state index contributed by atoms with van der Waals surface area (Å²) in [4.78, 5) is 21.9. The molecule has 2 atom stereocenters. The minimum atomic E-state index is 0.00254. The van der Waals surface area contributed by atoms with Gasteiger partial charge in [-0.3, -0.25) is 9.59 Å². The van der Waals surface area contributed by atoms with E-state index in [2.05, 4.69) is 13.8 Å². The van der Waals surface area contributed by atoms with E-state index in [1.54, 1.807) is 0 Å². The van der Waals surface area contributed by atoms with Crippen LogP contribution in [0.3, 0.4) is 0 Å². The molecule has 152 valence electrons. The van der Waals surface area contributed by atoms with Crippen molar-refractivity contribution in [2.45, 2.75) is 129 Å². The molecule has 0 radical (unpaired) electrons. The standard InChI is InChI=1S/C12H22O2.C10H18O2/c1-2-3-4-5-6-8-11-9-7-10-12(13)14-11;1-2-3-4-6-9-7-5-8-10(11)12-9/h11H,2-10H2,1H3;9H,2-8H2,1H3. The molecule has 0 aliphatic carbocycles. The van der Waals surface area contributed by atoms with Crippen molar-refractivity contribution in [2.75, 3.05) is 0 Å². The summed E-state index contributed by atoms with van der Waals surface area (Å²) in [6.07, 6.45) is 18.3. The highest BCUT2D eigenvalue weighted by molar-refractivity contribution is 5.70. The van der Waals surface area contributed by atoms with Crippen LogP contribution in [0.2, 0.25) is 0 Å². The number of hydrogen-bond donors (Lipinski definition) is 0. The van der Waals surface area contributed by atoms with Gasteiger partial charge in [0.25, 0.3) is 0 Å². The van der Waals surface area contributed by atoms with E-state index < -0.39 is 0 Å². The fourth-order valence-electron chi connectivity index (χ4n) is 3.56. The summed E-state index contributed by atoms with van der Waals surface area (Å²) in [7, 11) is 0. The van der Waals surface area contributed by atoms with Crippen molar-refractivity contribution >= 4 is 11.9 Å². The second-order valence-corrected chi connectivity index (χ2v) is 7.71. The molecule has 2 rings (SSSR count). The molecule has 0 saturated carbocycles. The summed E-state index contributed by atoms with van der Waals surface area (Å²) in [5, 5.41) is 0. The molecule has 2 aliphatic rings. The van der Waals surface area contributed by atoms with Gasteiger partial charge in [0, 0.05) is 12.8 Å². The van der Waals surface area contributed by atoms with Gasteiger partial charge in [-0.1, -0.05) is 52.4 Å². The van der Waals surface area contributed by atoms with Crippen molar-refractivity contribution in [2.24, 2.45) is 0 Å². The number of hydrogen-bond acceptors (Lipinski definition) is 4. The topological polar surface area (TPSA) is 52.6 Å². The third-order valence-electron chi connectivity index (χ3n) is 5.17. The summed E-state index contributed by atoms with van der Waals surface area (Å²) in [5.74, 6) is 0.0116. The van der Waals surface area contributed by atoms with Crippen LogP contribution in [0.25, 0.3) is 0 Å². The van der Waals surface area contributed by atoms with Gasteiger partial charge in [-0.2, -0.15) is 0 Å². The fourth-order valence-corrected chi connectivity index (χ4v) is 3.56. The van der Waals surface area contributed by atoms with Gasteiger partial charge < -0.3 is 9.47 Å². The van der Waals surface area contributed by atoms with Crippen LogP contribution in [-0.2, 0) is 19.1 Å². The molecular weight excluding hydrogens is 328 g/mol. The third-order valence-corrected chi connectivity index (χ3v) is 5.17. The molecule has 0 aromatic carbocycles. The Balaban J connectivity index is 0.000000263. The molecule has 0 amide bonds. The largest absolute Gasteiger partial charge is 0.462 e. The molecule has 4 nitrogen and oxygen atoms in total. The van der Waals surface area contributed by atoms with Crippen LogP contribution < -0.4 is 0 Å². The second kappa shape index (κ2) is 15.0. The number of unbranched alkanes of at least 4 members (excludes halogenated alkanes) is 6. The first-order valence-corrected chi connectivity index (χ1v) is 11.0. The SMILES string of the molecule is CCCCCC1CCCC(=O)O1.CCCCCCCC1CCCC(=O)O1. The molecule has 4 heteroatoms. The number of rotatable bonds is 10. The molecule has 26 heavy (non-hydrogen) atoms. The zero-order valence-corrected chi connectivity index (χ0v) is 17.1. The normalized spacial score (nSPS) is 22.8. The number of esters is 2. The highest BCUT2D eigenvalue weighted by Crippen LogP contribution is 2.20. The molecule has 2 aliphatic heterocycles. The third kappa shape index (κ3) is 11.5. The molecule has 2 fully saturated rings. The van der Waals surface area contributed by atoms with E-state index in [-0.39, 0.29) is 24.1 Å². The van der Waals surface area contributed by atoms with Crippen molar-refractivity contribution in [3.63, 3.8) is 0 Å². The summed E-state index contributed by atoms with van der Waals surface area (Å²) in [6.45, 7) is 4.41. The molecule has 2 saturated heterocycles. The lowest BCUT2D eigenvalue weighted by Gasteiger charge is -2.21. The van der Waals surface area contributed by atoms with Crippen molar-refractivity contribution in [1.82, 2.24) is 0 Å². The lowest BCUT2D eigenvalue weighted by molar-refractivity contribution is -0.155. The quantitative estimate of drug-likeness (QED) is 0.345. The van der Waals surface area contributed by atoms with Crippen molar-refractivity contribution in [3.8, 4) is 0 Å². The van der Waals surface area contributed by atoms with Crippen LogP contribution in [0.15, 0.2) is 0 Å². The maximum Gasteiger partial charge on any atom is 0.306 e. The Hall–Kier alpha value is -1.06. The van der Waals surface area contributed by atoms with Crippen LogP contribution in [0.4, 0.5) is 0 Å². The van der Waals surface area contributed by atoms with Crippen molar-refractivity contribution in [1.29, 1.82) is 0 Å². The fraction of sp³-hybridized carbons (Fsp3) is 0.909. The van der Waals surface area contributed by atoms with Gasteiger partial charge in [-0.25, -0.2) is 0 Å². The Kier molecular flexibility index (Phi) is 13.3. The predicted octanol–water partition coefficient (Wildman–Crippen LogP) is 6.11. The minimum Gasteiger partial charge on any atom is -0.462 e. The van der Waals surface area contributed by atoms with E-state index in [1.165, 1.54) is 51.4 Å². The van der Waals surface area contributed by atoms with E-state index in [4.69, 9.17) is 9.47 Å². The average molecular weight is 369 g/mol. The zero-order chi connectivity index (χ0) is 19.0. The molecular formula is C22H40O4. The van der Waals surface area contributed by atoms with E-state index in [9.17, 15) is 9.59 Å². The number of carbonyl (C=O) groups excluding carboxylic acids is 2. The smallest absolute Gasteiger partial charge is 0.306 e. The Morgan fingerprint density at radius 2 is 1.12 bits per heavy atom. The maximum absolute atomic E-state index is 11.0. The Bertz CT molecular complexity index is 380. The van der Waals surface area contributed by atoms with Gasteiger partial charge in [0.05, 0.1) is 0 Å². The monoisotopic (exact) mass is 368 g/mol. The highest BCUT2D eigenvalue weighted by atomic mass is 16.5. The highest BCUT2D eigenvalue weighted by Gasteiger charge is 2.20. The zero-order valence-electron chi connectivity index (χ0n) is 17.1. The van der Waals surface area contributed by atoms with Gasteiger partial charge in [0.15, 0.2) is 0 Å². The molecule has 2 unspecified atom stereocenters. The van der Waals surface area contributed by atoms with E-state index in [0.717, 1.165) is 38.5 Å². The summed E-state index contributed by atoms with van der Waals surface area (Å²) in [6, 6.07) is 0. The minimum absolute atomic E-state index is 0.00254. The van der Waals surface area contributed by atoms with Crippen molar-refractivity contribution < 1.29 is 19.1 Å². The average Bonchev–Trinajstić information content (AvgIpc) is 2.63. The van der Waals surface area contributed by atoms with Crippen molar-refractivity contribution in [3.05, 3.63) is 0 Å². The summed E-state index contributed by atoms with van der Waals surface area (Å²) < 4.78 is 10.4. The van der Waals surface area contributed by atoms with Gasteiger partial charge in [-0.05, 0) is 51.4 Å². The van der Waals surface area contributed by atoms with Gasteiger partial charge in [0.2, 0.25) is 0 Å². The Labute approximate surface area is 160 Å². The Morgan fingerprint density at radius 3 is 1.58 bits per heavy atom. The summed E-state index contributed by atoms with van der Waals surface area (Å²) >= 11 is 0. The summed E-state index contributed by atoms with van der Waals surface area (Å²) in [5.41, 5.74) is 0. The van der Waals surface area contributed by atoms with Crippen LogP contribution >= 0.6 is 0 Å². The van der Waals surface area contributed by atoms with E-state index in [1.807, 2.05) is 0 Å². The predicted molar refractivity (Wildman–Crippen MR) is 105 cm³/mol. The molecule has 0 spiro atoms. The molecule has 0 N–H and O–H groups in total. The lowest BCUT2D eigenvalue weighted by atomic mass is 10.0. The van der Waals surface area contributed by atoms with Crippen LogP contribution in [0.5, 0.6) is 0 Å². The number of cyclic esters (lactones) is 2. The van der Waals surface area contributed by atoms with Gasteiger partial charge >= 0.3 is 11.9 Å². The molecule has 0 bridgehead atoms.